The Hall–Kier alpha value is -2.16. The molecule has 0 saturated carbocycles. The van der Waals surface area contributed by atoms with Gasteiger partial charge in [-0.1, -0.05) is 19.1 Å². The van der Waals surface area contributed by atoms with Crippen LogP contribution in [0.1, 0.15) is 29.3 Å². The molecule has 0 atom stereocenters. The van der Waals surface area contributed by atoms with Crippen LogP contribution in [0.4, 0.5) is 4.39 Å². The number of ketones is 1. The third-order valence-corrected chi connectivity index (χ3v) is 2.71. The zero-order chi connectivity index (χ0) is 13.7. The second kappa shape index (κ2) is 6.14. The van der Waals surface area contributed by atoms with E-state index in [1.54, 1.807) is 36.4 Å². The second-order valence-electron chi connectivity index (χ2n) is 4.18. The molecule has 0 bridgehead atoms. The number of rotatable bonds is 5. The van der Waals surface area contributed by atoms with Crippen molar-refractivity contribution in [1.82, 2.24) is 0 Å². The van der Waals surface area contributed by atoms with Crippen molar-refractivity contribution in [2.24, 2.45) is 0 Å². The summed E-state index contributed by atoms with van der Waals surface area (Å²) in [5.41, 5.74) is 0.540. The van der Waals surface area contributed by atoms with E-state index in [1.165, 1.54) is 12.1 Å². The lowest BCUT2D eigenvalue weighted by Gasteiger charge is -2.06. The summed E-state index contributed by atoms with van der Waals surface area (Å²) in [6.45, 7) is 2.66. The number of carbonyl (C=O) groups excluding carboxylic acids is 1. The average Bonchev–Trinajstić information content (AvgIpc) is 2.45. The number of hydrogen-bond donors (Lipinski definition) is 0. The molecular weight excluding hydrogens is 243 g/mol. The first-order valence-electron chi connectivity index (χ1n) is 6.24. The quantitative estimate of drug-likeness (QED) is 0.761. The van der Waals surface area contributed by atoms with Crippen LogP contribution in [0.25, 0.3) is 0 Å². The summed E-state index contributed by atoms with van der Waals surface area (Å²) in [6.07, 6.45) is 0.926. The van der Waals surface area contributed by atoms with Gasteiger partial charge < -0.3 is 4.74 Å². The van der Waals surface area contributed by atoms with E-state index in [9.17, 15) is 9.18 Å². The molecule has 0 aromatic heterocycles. The van der Waals surface area contributed by atoms with E-state index in [1.807, 2.05) is 6.92 Å². The maximum absolute atomic E-state index is 13.5. The summed E-state index contributed by atoms with van der Waals surface area (Å²) in [5, 5.41) is 0. The molecule has 0 aliphatic carbocycles. The Morgan fingerprint density at radius 2 is 1.79 bits per heavy atom. The van der Waals surface area contributed by atoms with E-state index >= 15 is 0 Å². The maximum Gasteiger partial charge on any atom is 0.195 e. The van der Waals surface area contributed by atoms with Crippen molar-refractivity contribution in [3.63, 3.8) is 0 Å². The summed E-state index contributed by atoms with van der Waals surface area (Å²) in [5.74, 6) is -0.106. The summed E-state index contributed by atoms with van der Waals surface area (Å²) >= 11 is 0. The molecule has 19 heavy (non-hydrogen) atoms. The molecule has 0 unspecified atom stereocenters. The summed E-state index contributed by atoms with van der Waals surface area (Å²) in [6, 6.07) is 12.7. The Morgan fingerprint density at radius 3 is 2.42 bits per heavy atom. The molecule has 0 amide bonds. The van der Waals surface area contributed by atoms with Gasteiger partial charge >= 0.3 is 0 Å². The first kappa shape index (κ1) is 13.3. The van der Waals surface area contributed by atoms with Gasteiger partial charge in [-0.25, -0.2) is 4.39 Å². The van der Waals surface area contributed by atoms with E-state index in [4.69, 9.17) is 4.74 Å². The van der Waals surface area contributed by atoms with Gasteiger partial charge in [-0.2, -0.15) is 0 Å². The molecule has 0 aliphatic rings. The summed E-state index contributed by atoms with van der Waals surface area (Å²) in [4.78, 5) is 12.1. The fourth-order valence-corrected chi connectivity index (χ4v) is 1.72. The highest BCUT2D eigenvalue weighted by molar-refractivity contribution is 6.09. The Kier molecular flexibility index (Phi) is 4.29. The third kappa shape index (κ3) is 3.19. The molecular formula is C16H15FO2. The van der Waals surface area contributed by atoms with Gasteiger partial charge in [-0.3, -0.25) is 4.79 Å². The van der Waals surface area contributed by atoms with E-state index in [0.717, 1.165) is 6.42 Å². The lowest BCUT2D eigenvalue weighted by molar-refractivity contribution is 0.103. The number of benzene rings is 2. The largest absolute Gasteiger partial charge is 0.494 e. The lowest BCUT2D eigenvalue weighted by atomic mass is 10.0. The molecule has 0 fully saturated rings. The van der Waals surface area contributed by atoms with Crippen LogP contribution in [0.5, 0.6) is 5.75 Å². The second-order valence-corrected chi connectivity index (χ2v) is 4.18. The Bertz CT molecular complexity index is 561. The zero-order valence-corrected chi connectivity index (χ0v) is 10.7. The van der Waals surface area contributed by atoms with E-state index in [2.05, 4.69) is 0 Å². The van der Waals surface area contributed by atoms with Gasteiger partial charge in [0.1, 0.15) is 11.6 Å². The van der Waals surface area contributed by atoms with Gasteiger partial charge in [-0.15, -0.1) is 0 Å². The minimum Gasteiger partial charge on any atom is -0.494 e. The van der Waals surface area contributed by atoms with Gasteiger partial charge in [0.25, 0.3) is 0 Å². The van der Waals surface area contributed by atoms with Crippen LogP contribution >= 0.6 is 0 Å². The molecule has 0 heterocycles. The molecule has 98 valence electrons. The highest BCUT2D eigenvalue weighted by Gasteiger charge is 2.13. The topological polar surface area (TPSA) is 26.3 Å². The fraction of sp³-hybridized carbons (Fsp3) is 0.188. The van der Waals surface area contributed by atoms with Crippen molar-refractivity contribution in [2.45, 2.75) is 13.3 Å². The highest BCUT2D eigenvalue weighted by Crippen LogP contribution is 2.17. The van der Waals surface area contributed by atoms with Crippen LogP contribution in [-0.4, -0.2) is 12.4 Å². The number of halogens is 1. The first-order valence-corrected chi connectivity index (χ1v) is 6.24. The van der Waals surface area contributed by atoms with Crippen LogP contribution in [0.15, 0.2) is 48.5 Å². The van der Waals surface area contributed by atoms with Gasteiger partial charge in [0.15, 0.2) is 5.78 Å². The normalized spacial score (nSPS) is 10.2. The molecule has 0 saturated heterocycles. The van der Waals surface area contributed by atoms with Crippen LogP contribution < -0.4 is 4.74 Å². The van der Waals surface area contributed by atoms with E-state index in [0.29, 0.717) is 17.9 Å². The molecule has 0 radical (unpaired) electrons. The smallest absolute Gasteiger partial charge is 0.195 e. The van der Waals surface area contributed by atoms with E-state index < -0.39 is 5.82 Å². The summed E-state index contributed by atoms with van der Waals surface area (Å²) in [7, 11) is 0. The third-order valence-electron chi connectivity index (χ3n) is 2.71. The monoisotopic (exact) mass is 258 g/mol. The van der Waals surface area contributed by atoms with Crippen molar-refractivity contribution in [1.29, 1.82) is 0 Å². The van der Waals surface area contributed by atoms with Gasteiger partial charge in [-0.05, 0) is 42.8 Å². The lowest BCUT2D eigenvalue weighted by Crippen LogP contribution is -2.04. The number of carbonyl (C=O) groups is 1. The van der Waals surface area contributed by atoms with E-state index in [-0.39, 0.29) is 11.3 Å². The molecule has 0 aliphatic heterocycles. The predicted molar refractivity (Wildman–Crippen MR) is 72.1 cm³/mol. The minimum atomic E-state index is -0.501. The standard InChI is InChI=1S/C16H15FO2/c1-2-11-19-13-9-7-12(8-10-13)16(18)14-5-3-4-6-15(14)17/h3-10H,2,11H2,1H3. The molecule has 2 aromatic carbocycles. The van der Waals surface area contributed by atoms with Crippen LogP contribution in [-0.2, 0) is 0 Å². The van der Waals surface area contributed by atoms with Crippen molar-refractivity contribution >= 4 is 5.78 Å². The van der Waals surface area contributed by atoms with Crippen molar-refractivity contribution in [3.05, 3.63) is 65.5 Å². The van der Waals surface area contributed by atoms with Gasteiger partial charge in [0.2, 0.25) is 0 Å². The van der Waals surface area contributed by atoms with Gasteiger partial charge in [0.05, 0.1) is 12.2 Å². The Balaban J connectivity index is 2.18. The molecule has 0 N–H and O–H groups in total. The molecule has 0 spiro atoms. The van der Waals surface area contributed by atoms with Crippen molar-refractivity contribution < 1.29 is 13.9 Å². The molecule has 2 rings (SSSR count). The summed E-state index contributed by atoms with van der Waals surface area (Å²) < 4.78 is 19.0. The highest BCUT2D eigenvalue weighted by atomic mass is 19.1. The molecule has 2 nitrogen and oxygen atoms in total. The van der Waals surface area contributed by atoms with Crippen LogP contribution in [0.2, 0.25) is 0 Å². The predicted octanol–water partition coefficient (Wildman–Crippen LogP) is 3.85. The molecule has 3 heteroatoms. The average molecular weight is 258 g/mol. The maximum atomic E-state index is 13.5. The first-order chi connectivity index (χ1) is 9.22. The minimum absolute atomic E-state index is 0.0877. The molecule has 2 aromatic rings. The zero-order valence-electron chi connectivity index (χ0n) is 10.7. The van der Waals surface area contributed by atoms with Crippen LogP contribution in [0, 0.1) is 5.82 Å². The number of hydrogen-bond acceptors (Lipinski definition) is 2. The fourth-order valence-electron chi connectivity index (χ4n) is 1.72. The SMILES string of the molecule is CCCOc1ccc(C(=O)c2ccccc2F)cc1. The Labute approximate surface area is 111 Å². The van der Waals surface area contributed by atoms with Crippen molar-refractivity contribution in [3.8, 4) is 5.75 Å². The van der Waals surface area contributed by atoms with Crippen LogP contribution in [0.3, 0.4) is 0 Å². The van der Waals surface area contributed by atoms with Gasteiger partial charge in [0, 0.05) is 5.56 Å². The van der Waals surface area contributed by atoms with Crippen molar-refractivity contribution in [2.75, 3.05) is 6.61 Å². The Morgan fingerprint density at radius 1 is 1.11 bits per heavy atom. The number of ether oxygens (including phenoxy) is 1.